The number of hydrogen-bond acceptors (Lipinski definition) is 6. The van der Waals surface area contributed by atoms with Crippen molar-refractivity contribution in [2.75, 3.05) is 39.0 Å². The van der Waals surface area contributed by atoms with Crippen molar-refractivity contribution in [2.24, 2.45) is 5.84 Å². The highest BCUT2D eigenvalue weighted by molar-refractivity contribution is 5.41. The van der Waals surface area contributed by atoms with Crippen molar-refractivity contribution >= 4 is 5.82 Å². The van der Waals surface area contributed by atoms with Gasteiger partial charge >= 0.3 is 0 Å². The van der Waals surface area contributed by atoms with Crippen LogP contribution in [0.2, 0.25) is 0 Å². The number of nitrogens with two attached hydrogens (primary N) is 1. The minimum Gasteiger partial charge on any atom is -0.382 e. The van der Waals surface area contributed by atoms with Gasteiger partial charge in [0.25, 0.3) is 0 Å². The van der Waals surface area contributed by atoms with Crippen LogP contribution in [0.5, 0.6) is 0 Å². The van der Waals surface area contributed by atoms with Crippen molar-refractivity contribution in [3.63, 3.8) is 0 Å². The fourth-order valence-corrected chi connectivity index (χ4v) is 1.37. The Kier molecular flexibility index (Phi) is 8.07. The minimum absolute atomic E-state index is 0.492. The number of hydrogen-bond donors (Lipinski definition) is 2. The molecule has 0 aliphatic rings. The molecule has 0 atom stereocenters. The van der Waals surface area contributed by atoms with Crippen LogP contribution in [0.15, 0.2) is 18.3 Å². The second-order valence-corrected chi connectivity index (χ2v) is 3.67. The molecule has 0 fully saturated rings. The van der Waals surface area contributed by atoms with Crippen LogP contribution in [0.4, 0.5) is 5.82 Å². The van der Waals surface area contributed by atoms with Crippen molar-refractivity contribution in [3.8, 4) is 0 Å². The first-order valence-electron chi connectivity index (χ1n) is 5.93. The molecule has 6 heteroatoms. The van der Waals surface area contributed by atoms with Gasteiger partial charge in [-0.25, -0.2) is 10.8 Å². The maximum Gasteiger partial charge on any atom is 0.145 e. The van der Waals surface area contributed by atoms with Gasteiger partial charge in [0.15, 0.2) is 0 Å². The second kappa shape index (κ2) is 9.78. The van der Waals surface area contributed by atoms with Crippen LogP contribution < -0.4 is 11.3 Å². The molecule has 18 heavy (non-hydrogen) atoms. The Hall–Kier alpha value is -1.21. The number of anilines is 1. The Morgan fingerprint density at radius 3 is 2.83 bits per heavy atom. The molecule has 3 N–H and O–H groups in total. The second-order valence-electron chi connectivity index (χ2n) is 3.67. The van der Waals surface area contributed by atoms with Crippen LogP contribution in [-0.2, 0) is 20.8 Å². The zero-order chi connectivity index (χ0) is 13.1. The third kappa shape index (κ3) is 5.92. The number of ether oxygens (including phenoxy) is 3. The standard InChI is InChI=1S/C12H21N3O3/c1-16-8-9-17-6-3-7-18-10-11-4-2-5-14-12(11)15-13/h2,4-5H,3,6-10,13H2,1H3,(H,14,15). The first-order valence-corrected chi connectivity index (χ1v) is 5.93. The number of nitrogens with zero attached hydrogens (tertiary/aromatic N) is 1. The van der Waals surface area contributed by atoms with E-state index in [0.717, 1.165) is 12.0 Å². The van der Waals surface area contributed by atoms with Gasteiger partial charge < -0.3 is 19.6 Å². The molecule has 0 unspecified atom stereocenters. The molecule has 0 saturated heterocycles. The molecular formula is C12H21N3O3. The fraction of sp³-hybridized carbons (Fsp3) is 0.583. The highest BCUT2D eigenvalue weighted by atomic mass is 16.5. The zero-order valence-corrected chi connectivity index (χ0v) is 10.7. The Bertz CT molecular complexity index is 323. The van der Waals surface area contributed by atoms with E-state index >= 15 is 0 Å². The van der Waals surface area contributed by atoms with Crippen LogP contribution in [0.1, 0.15) is 12.0 Å². The average molecular weight is 255 g/mol. The number of nitrogens with one attached hydrogen (secondary N) is 1. The lowest BCUT2D eigenvalue weighted by Gasteiger charge is -2.08. The van der Waals surface area contributed by atoms with Crippen LogP contribution in [-0.4, -0.2) is 38.5 Å². The summed E-state index contributed by atoms with van der Waals surface area (Å²) >= 11 is 0. The lowest BCUT2D eigenvalue weighted by Crippen LogP contribution is -2.12. The molecule has 0 bridgehead atoms. The Labute approximate surface area is 107 Å². The van der Waals surface area contributed by atoms with Gasteiger partial charge in [0.2, 0.25) is 0 Å². The number of hydrazine groups is 1. The van der Waals surface area contributed by atoms with Gasteiger partial charge in [-0.1, -0.05) is 6.07 Å². The summed E-state index contributed by atoms with van der Waals surface area (Å²) in [6.07, 6.45) is 2.54. The summed E-state index contributed by atoms with van der Waals surface area (Å²) in [5.74, 6) is 6.00. The topological polar surface area (TPSA) is 78.6 Å². The van der Waals surface area contributed by atoms with E-state index in [1.54, 1.807) is 13.3 Å². The largest absolute Gasteiger partial charge is 0.382 e. The highest BCUT2D eigenvalue weighted by Gasteiger charge is 2.01. The maximum absolute atomic E-state index is 5.52. The smallest absolute Gasteiger partial charge is 0.145 e. The molecule has 0 aliphatic carbocycles. The number of nitrogen functional groups attached to an aromatic ring is 1. The van der Waals surface area contributed by atoms with E-state index in [4.69, 9.17) is 20.1 Å². The van der Waals surface area contributed by atoms with Crippen molar-refractivity contribution < 1.29 is 14.2 Å². The first-order chi connectivity index (χ1) is 8.88. The fourth-order valence-electron chi connectivity index (χ4n) is 1.37. The summed E-state index contributed by atoms with van der Waals surface area (Å²) in [7, 11) is 1.66. The molecule has 1 aromatic heterocycles. The van der Waals surface area contributed by atoms with E-state index < -0.39 is 0 Å². The lowest BCUT2D eigenvalue weighted by molar-refractivity contribution is 0.0484. The molecule has 0 spiro atoms. The number of pyridine rings is 1. The quantitative estimate of drug-likeness (QED) is 0.368. The highest BCUT2D eigenvalue weighted by Crippen LogP contribution is 2.10. The van der Waals surface area contributed by atoms with Gasteiger partial charge in [0, 0.05) is 32.1 Å². The number of aromatic nitrogens is 1. The maximum atomic E-state index is 5.52. The molecule has 6 nitrogen and oxygen atoms in total. The zero-order valence-electron chi connectivity index (χ0n) is 10.7. The van der Waals surface area contributed by atoms with Crippen molar-refractivity contribution in [1.29, 1.82) is 0 Å². The number of rotatable bonds is 10. The summed E-state index contributed by atoms with van der Waals surface area (Å²) in [5, 5.41) is 0. The van der Waals surface area contributed by atoms with Gasteiger partial charge in [-0.05, 0) is 12.5 Å². The van der Waals surface area contributed by atoms with Gasteiger partial charge in [-0.15, -0.1) is 0 Å². The Balaban J connectivity index is 2.07. The van der Waals surface area contributed by atoms with Gasteiger partial charge in [0.05, 0.1) is 19.8 Å². The van der Waals surface area contributed by atoms with Gasteiger partial charge in [0.1, 0.15) is 5.82 Å². The van der Waals surface area contributed by atoms with Gasteiger partial charge in [-0.2, -0.15) is 0 Å². The molecule has 1 heterocycles. The molecule has 1 aromatic rings. The molecule has 0 amide bonds. The third-order valence-corrected chi connectivity index (χ3v) is 2.29. The van der Waals surface area contributed by atoms with E-state index in [-0.39, 0.29) is 0 Å². The molecule has 1 rings (SSSR count). The predicted molar refractivity (Wildman–Crippen MR) is 69.0 cm³/mol. The molecule has 0 saturated carbocycles. The summed E-state index contributed by atoms with van der Waals surface area (Å²) in [4.78, 5) is 4.09. The van der Waals surface area contributed by atoms with E-state index in [1.165, 1.54) is 0 Å². The monoisotopic (exact) mass is 255 g/mol. The van der Waals surface area contributed by atoms with Crippen LogP contribution in [0, 0.1) is 0 Å². The van der Waals surface area contributed by atoms with Crippen LogP contribution in [0.3, 0.4) is 0 Å². The van der Waals surface area contributed by atoms with Crippen LogP contribution in [0.25, 0.3) is 0 Å². The SMILES string of the molecule is COCCOCCCOCc1cccnc1NN. The molecular weight excluding hydrogens is 234 g/mol. The third-order valence-electron chi connectivity index (χ3n) is 2.29. The first kappa shape index (κ1) is 14.8. The summed E-state index contributed by atoms with van der Waals surface area (Å²) in [6, 6.07) is 3.78. The minimum atomic E-state index is 0.492. The summed E-state index contributed by atoms with van der Waals surface area (Å²) in [6.45, 7) is 3.07. The Morgan fingerprint density at radius 1 is 1.22 bits per heavy atom. The van der Waals surface area contributed by atoms with Crippen LogP contribution >= 0.6 is 0 Å². The van der Waals surface area contributed by atoms with Crippen molar-refractivity contribution in [1.82, 2.24) is 4.98 Å². The normalized spacial score (nSPS) is 10.6. The Morgan fingerprint density at radius 2 is 2.06 bits per heavy atom. The molecule has 0 radical (unpaired) electrons. The average Bonchev–Trinajstić information content (AvgIpc) is 2.42. The van der Waals surface area contributed by atoms with Gasteiger partial charge in [-0.3, -0.25) is 0 Å². The molecule has 0 aliphatic heterocycles. The van der Waals surface area contributed by atoms with E-state index in [1.807, 2.05) is 12.1 Å². The van der Waals surface area contributed by atoms with E-state index in [2.05, 4.69) is 10.4 Å². The van der Waals surface area contributed by atoms with Crippen molar-refractivity contribution in [3.05, 3.63) is 23.9 Å². The predicted octanol–water partition coefficient (Wildman–Crippen LogP) is 0.937. The van der Waals surface area contributed by atoms with E-state index in [9.17, 15) is 0 Å². The molecule has 102 valence electrons. The number of methoxy groups -OCH3 is 1. The van der Waals surface area contributed by atoms with Crippen molar-refractivity contribution in [2.45, 2.75) is 13.0 Å². The van der Waals surface area contributed by atoms with E-state index in [0.29, 0.717) is 38.9 Å². The summed E-state index contributed by atoms with van der Waals surface area (Å²) in [5.41, 5.74) is 3.49. The lowest BCUT2D eigenvalue weighted by atomic mass is 10.3. The molecule has 0 aromatic carbocycles. The summed E-state index contributed by atoms with van der Waals surface area (Å²) < 4.78 is 15.7.